The fraction of sp³-hybridized carbons (Fsp3) is 0.556. The summed E-state index contributed by atoms with van der Waals surface area (Å²) in [7, 11) is 1.89. The molecule has 78 valence electrons. The summed E-state index contributed by atoms with van der Waals surface area (Å²) in [6.07, 6.45) is 1.56. The standard InChI is InChI=1S/C9H14ClN3O/c1-6(2)5-13(3)7-4-11-12-9(14)8(7)10/h4,6H,5H2,1-3H3,(H,12,14). The predicted octanol–water partition coefficient (Wildman–Crippen LogP) is 1.52. The van der Waals surface area contributed by atoms with Crippen LogP contribution in [0.5, 0.6) is 0 Å². The predicted molar refractivity (Wildman–Crippen MR) is 58.0 cm³/mol. The molecule has 0 unspecified atom stereocenters. The van der Waals surface area contributed by atoms with Gasteiger partial charge in [0.15, 0.2) is 0 Å². The highest BCUT2D eigenvalue weighted by Crippen LogP contribution is 2.19. The van der Waals surface area contributed by atoms with Crippen molar-refractivity contribution in [1.29, 1.82) is 0 Å². The second-order valence-electron chi connectivity index (χ2n) is 3.67. The van der Waals surface area contributed by atoms with Gasteiger partial charge in [0.1, 0.15) is 5.02 Å². The van der Waals surface area contributed by atoms with Gasteiger partial charge >= 0.3 is 0 Å². The molecule has 0 atom stereocenters. The molecule has 4 nitrogen and oxygen atoms in total. The molecule has 0 saturated heterocycles. The van der Waals surface area contributed by atoms with Crippen molar-refractivity contribution in [1.82, 2.24) is 10.2 Å². The zero-order valence-electron chi connectivity index (χ0n) is 8.54. The molecule has 0 aliphatic rings. The van der Waals surface area contributed by atoms with Crippen molar-refractivity contribution in [3.8, 4) is 0 Å². The Morgan fingerprint density at radius 3 is 2.86 bits per heavy atom. The highest BCUT2D eigenvalue weighted by molar-refractivity contribution is 6.32. The Hall–Kier alpha value is -1.03. The third-order valence-corrected chi connectivity index (χ3v) is 2.19. The number of anilines is 1. The Morgan fingerprint density at radius 1 is 1.64 bits per heavy atom. The zero-order chi connectivity index (χ0) is 10.7. The van der Waals surface area contributed by atoms with Gasteiger partial charge in [0.25, 0.3) is 5.56 Å². The molecule has 1 N–H and O–H groups in total. The number of halogens is 1. The van der Waals surface area contributed by atoms with Gasteiger partial charge in [0.05, 0.1) is 11.9 Å². The van der Waals surface area contributed by atoms with Gasteiger partial charge in [-0.05, 0) is 5.92 Å². The molecule has 0 fully saturated rings. The van der Waals surface area contributed by atoms with Crippen LogP contribution in [-0.4, -0.2) is 23.8 Å². The van der Waals surface area contributed by atoms with Gasteiger partial charge in [0.2, 0.25) is 0 Å². The van der Waals surface area contributed by atoms with E-state index < -0.39 is 0 Å². The van der Waals surface area contributed by atoms with Crippen molar-refractivity contribution in [2.24, 2.45) is 5.92 Å². The van der Waals surface area contributed by atoms with E-state index in [1.807, 2.05) is 11.9 Å². The molecule has 0 aromatic carbocycles. The highest BCUT2D eigenvalue weighted by atomic mass is 35.5. The lowest BCUT2D eigenvalue weighted by atomic mass is 10.2. The number of hydrogen-bond donors (Lipinski definition) is 1. The molecule has 1 rings (SSSR count). The van der Waals surface area contributed by atoms with Gasteiger partial charge in [-0.15, -0.1) is 0 Å². The highest BCUT2D eigenvalue weighted by Gasteiger charge is 2.10. The summed E-state index contributed by atoms with van der Waals surface area (Å²) in [5.74, 6) is 0.510. The third-order valence-electron chi connectivity index (χ3n) is 1.83. The molecule has 0 spiro atoms. The summed E-state index contributed by atoms with van der Waals surface area (Å²) in [5.41, 5.74) is 0.323. The second kappa shape index (κ2) is 4.46. The Balaban J connectivity index is 2.95. The number of aromatic amines is 1. The molecule has 0 saturated carbocycles. The van der Waals surface area contributed by atoms with Gasteiger partial charge in [0, 0.05) is 13.6 Å². The van der Waals surface area contributed by atoms with E-state index in [0.717, 1.165) is 6.54 Å². The molecular formula is C9H14ClN3O. The first kappa shape index (κ1) is 11.0. The molecule has 0 bridgehead atoms. The molecule has 1 aromatic heterocycles. The van der Waals surface area contributed by atoms with Gasteiger partial charge in [-0.25, -0.2) is 5.10 Å². The van der Waals surface area contributed by atoms with Gasteiger partial charge in [-0.3, -0.25) is 4.79 Å². The zero-order valence-corrected chi connectivity index (χ0v) is 9.30. The lowest BCUT2D eigenvalue weighted by Crippen LogP contribution is -2.25. The molecule has 0 radical (unpaired) electrons. The minimum Gasteiger partial charge on any atom is -0.372 e. The van der Waals surface area contributed by atoms with Crippen LogP contribution < -0.4 is 10.5 Å². The first-order valence-electron chi connectivity index (χ1n) is 4.46. The summed E-state index contributed by atoms with van der Waals surface area (Å²) < 4.78 is 0. The van der Waals surface area contributed by atoms with Crippen LogP contribution in [0.15, 0.2) is 11.0 Å². The average molecular weight is 216 g/mol. The molecule has 5 heteroatoms. The van der Waals surface area contributed by atoms with E-state index in [2.05, 4.69) is 24.0 Å². The van der Waals surface area contributed by atoms with Crippen molar-refractivity contribution in [2.45, 2.75) is 13.8 Å². The normalized spacial score (nSPS) is 10.6. The lowest BCUT2D eigenvalue weighted by molar-refractivity contribution is 0.637. The van der Waals surface area contributed by atoms with Gasteiger partial charge < -0.3 is 4.90 Å². The number of nitrogens with one attached hydrogen (secondary N) is 1. The summed E-state index contributed by atoms with van der Waals surface area (Å²) in [4.78, 5) is 13.1. The topological polar surface area (TPSA) is 49.0 Å². The first-order chi connectivity index (χ1) is 6.52. The minimum absolute atomic E-state index is 0.197. The van der Waals surface area contributed by atoms with Crippen molar-refractivity contribution in [3.63, 3.8) is 0 Å². The third kappa shape index (κ3) is 2.48. The molecule has 1 aromatic rings. The summed E-state index contributed by atoms with van der Waals surface area (Å²) in [5, 5.41) is 6.19. The summed E-state index contributed by atoms with van der Waals surface area (Å²) in [6.45, 7) is 5.04. The van der Waals surface area contributed by atoms with Crippen LogP contribution in [-0.2, 0) is 0 Å². The quantitative estimate of drug-likeness (QED) is 0.832. The van der Waals surface area contributed by atoms with Crippen molar-refractivity contribution in [3.05, 3.63) is 21.6 Å². The smallest absolute Gasteiger partial charge is 0.285 e. The largest absolute Gasteiger partial charge is 0.372 e. The maximum atomic E-state index is 11.2. The Kier molecular flexibility index (Phi) is 3.52. The minimum atomic E-state index is -0.347. The van der Waals surface area contributed by atoms with Crippen LogP contribution in [0.3, 0.4) is 0 Å². The Morgan fingerprint density at radius 2 is 2.29 bits per heavy atom. The lowest BCUT2D eigenvalue weighted by Gasteiger charge is -2.21. The second-order valence-corrected chi connectivity index (χ2v) is 4.05. The van der Waals surface area contributed by atoms with Crippen molar-refractivity contribution < 1.29 is 0 Å². The van der Waals surface area contributed by atoms with Crippen LogP contribution in [0.25, 0.3) is 0 Å². The van der Waals surface area contributed by atoms with E-state index in [0.29, 0.717) is 11.6 Å². The maximum Gasteiger partial charge on any atom is 0.285 e. The maximum absolute atomic E-state index is 11.2. The Labute approximate surface area is 87.9 Å². The molecule has 14 heavy (non-hydrogen) atoms. The van der Waals surface area contributed by atoms with Crippen LogP contribution >= 0.6 is 11.6 Å². The van der Waals surface area contributed by atoms with Crippen molar-refractivity contribution in [2.75, 3.05) is 18.5 Å². The van der Waals surface area contributed by atoms with Crippen LogP contribution in [0, 0.1) is 5.92 Å². The first-order valence-corrected chi connectivity index (χ1v) is 4.84. The van der Waals surface area contributed by atoms with E-state index >= 15 is 0 Å². The fourth-order valence-electron chi connectivity index (χ4n) is 1.29. The molecule has 0 amide bonds. The van der Waals surface area contributed by atoms with Crippen LogP contribution in [0.4, 0.5) is 5.69 Å². The SMILES string of the molecule is CC(C)CN(C)c1cn[nH]c(=O)c1Cl. The number of aromatic nitrogens is 2. The molecule has 0 aliphatic carbocycles. The van der Waals surface area contributed by atoms with Gasteiger partial charge in [-0.1, -0.05) is 25.4 Å². The van der Waals surface area contributed by atoms with E-state index in [9.17, 15) is 4.79 Å². The summed E-state index contributed by atoms with van der Waals surface area (Å²) >= 11 is 5.85. The van der Waals surface area contributed by atoms with E-state index in [1.54, 1.807) is 6.20 Å². The average Bonchev–Trinajstić information content (AvgIpc) is 2.08. The van der Waals surface area contributed by atoms with Crippen molar-refractivity contribution >= 4 is 17.3 Å². The molecule has 0 aliphatic heterocycles. The number of rotatable bonds is 3. The van der Waals surface area contributed by atoms with E-state index in [-0.39, 0.29) is 10.6 Å². The van der Waals surface area contributed by atoms with Gasteiger partial charge in [-0.2, -0.15) is 5.10 Å². The van der Waals surface area contributed by atoms with E-state index in [4.69, 9.17) is 11.6 Å². The fourth-order valence-corrected chi connectivity index (χ4v) is 1.52. The molecule has 1 heterocycles. The van der Waals surface area contributed by atoms with Crippen LogP contribution in [0.1, 0.15) is 13.8 Å². The number of H-pyrrole nitrogens is 1. The molecular weight excluding hydrogens is 202 g/mol. The van der Waals surface area contributed by atoms with E-state index in [1.165, 1.54) is 0 Å². The monoisotopic (exact) mass is 215 g/mol. The number of nitrogens with zero attached hydrogens (tertiary/aromatic N) is 2. The van der Waals surface area contributed by atoms with Crippen LogP contribution in [0.2, 0.25) is 5.02 Å². The number of hydrogen-bond acceptors (Lipinski definition) is 3. The Bertz CT molecular complexity index is 361. The summed E-state index contributed by atoms with van der Waals surface area (Å²) in [6, 6.07) is 0.